The van der Waals surface area contributed by atoms with Crippen molar-refractivity contribution in [3.63, 3.8) is 0 Å². The van der Waals surface area contributed by atoms with Crippen LogP contribution in [0.2, 0.25) is 0 Å². The average Bonchev–Trinajstić information content (AvgIpc) is 2.44. The van der Waals surface area contributed by atoms with E-state index in [9.17, 15) is 4.39 Å². The van der Waals surface area contributed by atoms with Crippen molar-refractivity contribution in [2.45, 2.75) is 37.6 Å². The Hall–Kier alpha value is -1.34. The largest absolute Gasteiger partial charge is 0.402 e. The van der Waals surface area contributed by atoms with Crippen LogP contribution >= 0.6 is 11.8 Å². The van der Waals surface area contributed by atoms with E-state index >= 15 is 4.39 Å². The van der Waals surface area contributed by atoms with Gasteiger partial charge in [-0.1, -0.05) is 18.3 Å². The van der Waals surface area contributed by atoms with Crippen LogP contribution in [0.15, 0.2) is 40.8 Å². The summed E-state index contributed by atoms with van der Waals surface area (Å²) >= 11 is 1.13. The number of halogens is 2. The normalized spacial score (nSPS) is 36.5. The number of nitrogens with zero attached hydrogens (tertiary/aromatic N) is 1. The Balaban J connectivity index is 2.46. The summed E-state index contributed by atoms with van der Waals surface area (Å²) in [6, 6.07) is 0. The molecule has 0 saturated carbocycles. The first-order chi connectivity index (χ1) is 10.2. The molecule has 0 aromatic rings. The van der Waals surface area contributed by atoms with Crippen molar-refractivity contribution in [3.8, 4) is 0 Å². The van der Waals surface area contributed by atoms with Gasteiger partial charge in [0.05, 0.1) is 12.7 Å². The molecule has 122 valence electrons. The summed E-state index contributed by atoms with van der Waals surface area (Å²) in [6.45, 7) is 7.06. The van der Waals surface area contributed by atoms with Crippen molar-refractivity contribution in [2.24, 2.45) is 16.5 Å². The Morgan fingerprint density at radius 3 is 2.86 bits per heavy atom. The van der Waals surface area contributed by atoms with Crippen LogP contribution in [0.4, 0.5) is 8.78 Å². The maximum Gasteiger partial charge on any atom is 0.155 e. The molecule has 2 heterocycles. The van der Waals surface area contributed by atoms with Gasteiger partial charge in [0.25, 0.3) is 0 Å². The van der Waals surface area contributed by atoms with Gasteiger partial charge in [0, 0.05) is 23.4 Å². The zero-order chi connectivity index (χ0) is 16.5. The molecule has 22 heavy (non-hydrogen) atoms. The third-order valence-electron chi connectivity index (χ3n) is 3.96. The number of thioether (sulfide) groups is 1. The summed E-state index contributed by atoms with van der Waals surface area (Å²) in [6.07, 6.45) is 2.42. The van der Waals surface area contributed by atoms with Gasteiger partial charge < -0.3 is 16.2 Å². The predicted octanol–water partition coefficient (Wildman–Crippen LogP) is 2.58. The molecule has 4 nitrogen and oxygen atoms in total. The highest BCUT2D eigenvalue weighted by Crippen LogP contribution is 2.50. The summed E-state index contributed by atoms with van der Waals surface area (Å²) < 4.78 is 35.5. The zero-order valence-electron chi connectivity index (χ0n) is 12.7. The number of allylic oxidation sites excluding steroid dienone is 3. The summed E-state index contributed by atoms with van der Waals surface area (Å²) in [5.41, 5.74) is 8.34. The fourth-order valence-electron chi connectivity index (χ4n) is 2.72. The Morgan fingerprint density at radius 2 is 2.23 bits per heavy atom. The van der Waals surface area contributed by atoms with Crippen molar-refractivity contribution >= 4 is 16.9 Å². The zero-order valence-corrected chi connectivity index (χ0v) is 13.6. The Morgan fingerprint density at radius 1 is 1.55 bits per heavy atom. The van der Waals surface area contributed by atoms with Gasteiger partial charge in [0.1, 0.15) is 11.4 Å². The lowest BCUT2D eigenvalue weighted by Gasteiger charge is -2.50. The molecule has 0 unspecified atom stereocenters. The number of hydrogen-bond donors (Lipinski definition) is 2. The molecule has 1 saturated heterocycles. The second-order valence-corrected chi connectivity index (χ2v) is 6.79. The van der Waals surface area contributed by atoms with Crippen molar-refractivity contribution in [1.82, 2.24) is 0 Å². The number of alkyl halides is 1. The first kappa shape index (κ1) is 17.0. The third-order valence-corrected chi connectivity index (χ3v) is 4.95. The fourth-order valence-corrected chi connectivity index (χ4v) is 3.68. The van der Waals surface area contributed by atoms with E-state index in [1.54, 1.807) is 13.8 Å². The second kappa shape index (κ2) is 6.04. The molecule has 7 heteroatoms. The van der Waals surface area contributed by atoms with E-state index in [4.69, 9.17) is 16.2 Å². The molecule has 0 amide bonds. The Kier molecular flexibility index (Phi) is 4.67. The summed E-state index contributed by atoms with van der Waals surface area (Å²) in [4.78, 5) is 4.22. The number of aliphatic imine (C=N–C) groups is 1. The van der Waals surface area contributed by atoms with Crippen molar-refractivity contribution in [1.29, 1.82) is 0 Å². The van der Waals surface area contributed by atoms with Crippen LogP contribution in [0, 0.1) is 0 Å². The number of hydrogen-bond acceptors (Lipinski definition) is 5. The molecule has 3 atom stereocenters. The van der Waals surface area contributed by atoms with Crippen LogP contribution < -0.4 is 11.5 Å². The van der Waals surface area contributed by atoms with E-state index in [1.165, 1.54) is 12.2 Å². The Bertz CT molecular complexity index is 571. The van der Waals surface area contributed by atoms with E-state index in [-0.39, 0.29) is 35.6 Å². The van der Waals surface area contributed by atoms with Gasteiger partial charge in [-0.05, 0) is 26.0 Å². The molecule has 0 aromatic heterocycles. The molecule has 0 spiro atoms. The minimum absolute atomic E-state index is 0.0670. The molecule has 2 aliphatic heterocycles. The third kappa shape index (κ3) is 2.92. The first-order valence-corrected chi connectivity index (χ1v) is 7.97. The molecule has 1 fully saturated rings. The molecule has 4 N–H and O–H groups in total. The van der Waals surface area contributed by atoms with Gasteiger partial charge in [-0.3, -0.25) is 0 Å². The lowest BCUT2D eigenvalue weighted by atomic mass is 9.72. The van der Waals surface area contributed by atoms with Gasteiger partial charge in [0.2, 0.25) is 0 Å². The minimum atomic E-state index is -1.75. The molecule has 0 bridgehead atoms. The second-order valence-electron chi connectivity index (χ2n) is 5.79. The number of amidine groups is 1. The fraction of sp³-hybridized carbons (Fsp3) is 0.533. The molecule has 0 radical (unpaired) electrons. The van der Waals surface area contributed by atoms with Crippen LogP contribution in [0.5, 0.6) is 0 Å². The van der Waals surface area contributed by atoms with Crippen molar-refractivity contribution < 1.29 is 13.5 Å². The molecular weight excluding hydrogens is 308 g/mol. The molecule has 2 rings (SSSR count). The van der Waals surface area contributed by atoms with Crippen LogP contribution in [-0.2, 0) is 4.74 Å². The van der Waals surface area contributed by atoms with E-state index in [0.29, 0.717) is 5.70 Å². The van der Waals surface area contributed by atoms with Gasteiger partial charge in [-0.2, -0.15) is 0 Å². The quantitative estimate of drug-likeness (QED) is 0.781. The van der Waals surface area contributed by atoms with E-state index in [0.717, 1.165) is 11.8 Å². The summed E-state index contributed by atoms with van der Waals surface area (Å²) in [5.74, 6) is -0.568. The highest BCUT2D eigenvalue weighted by Gasteiger charge is 2.60. The van der Waals surface area contributed by atoms with Gasteiger partial charge in [0.15, 0.2) is 10.8 Å². The standard InChI is InChI=1S/C15H21F2N3OS/c1-9(18)4-5-12(16)11(3)15-7-21-10(2)6-14(15,17)8-22-13(19)20-15/h4-5,10H,3,6-8,18H2,1-2H3,(H2,19,20)/b9-4+,12-5+/t10-,14+,15+/m0/s1. The maximum absolute atomic E-state index is 15.5. The average molecular weight is 329 g/mol. The summed E-state index contributed by atoms with van der Waals surface area (Å²) in [5, 5.41) is 0.214. The van der Waals surface area contributed by atoms with E-state index < -0.39 is 17.0 Å². The number of nitrogens with two attached hydrogens (primary N) is 2. The van der Waals surface area contributed by atoms with E-state index in [2.05, 4.69) is 11.6 Å². The predicted molar refractivity (Wildman–Crippen MR) is 87.0 cm³/mol. The van der Waals surface area contributed by atoms with Crippen molar-refractivity contribution in [3.05, 3.63) is 35.8 Å². The monoisotopic (exact) mass is 329 g/mol. The Labute approximate surface area is 133 Å². The topological polar surface area (TPSA) is 73.6 Å². The van der Waals surface area contributed by atoms with Crippen LogP contribution in [-0.4, -0.2) is 34.8 Å². The highest BCUT2D eigenvalue weighted by molar-refractivity contribution is 8.13. The number of rotatable bonds is 3. The lowest BCUT2D eigenvalue weighted by molar-refractivity contribution is -0.0894. The SMILES string of the molecule is C=C(/C(F)=C\C=C(/C)N)[C@]12CO[C@@H](C)C[C@@]1(F)CSC(N)=N2. The van der Waals surface area contributed by atoms with Crippen LogP contribution in [0.3, 0.4) is 0 Å². The van der Waals surface area contributed by atoms with Crippen molar-refractivity contribution in [2.75, 3.05) is 12.4 Å². The van der Waals surface area contributed by atoms with E-state index in [1.807, 2.05) is 0 Å². The first-order valence-electron chi connectivity index (χ1n) is 6.98. The number of fused-ring (bicyclic) bond motifs is 1. The molecule has 0 aromatic carbocycles. The molecular formula is C15H21F2N3OS. The van der Waals surface area contributed by atoms with Crippen LogP contribution in [0.25, 0.3) is 0 Å². The smallest absolute Gasteiger partial charge is 0.155 e. The molecule has 2 aliphatic rings. The highest BCUT2D eigenvalue weighted by atomic mass is 32.2. The summed E-state index contributed by atoms with van der Waals surface area (Å²) in [7, 11) is 0. The molecule has 0 aliphatic carbocycles. The van der Waals surface area contributed by atoms with Gasteiger partial charge >= 0.3 is 0 Å². The lowest BCUT2D eigenvalue weighted by Crippen LogP contribution is -2.63. The van der Waals surface area contributed by atoms with Crippen LogP contribution in [0.1, 0.15) is 20.3 Å². The van der Waals surface area contributed by atoms with Gasteiger partial charge in [-0.15, -0.1) is 0 Å². The maximum atomic E-state index is 15.5. The minimum Gasteiger partial charge on any atom is -0.402 e. The van der Waals surface area contributed by atoms with Gasteiger partial charge in [-0.25, -0.2) is 13.8 Å². The number of ether oxygens (including phenoxy) is 1.